The maximum atomic E-state index is 12.2. The lowest BCUT2D eigenvalue weighted by molar-refractivity contribution is 0.0519. The highest BCUT2D eigenvalue weighted by atomic mass is 79.9. The van der Waals surface area contributed by atoms with Crippen LogP contribution in [0.5, 0.6) is 5.75 Å². The summed E-state index contributed by atoms with van der Waals surface area (Å²) in [5.74, 6) is 0.473. The number of nitrogen functional groups attached to an aromatic ring is 1. The lowest BCUT2D eigenvalue weighted by Crippen LogP contribution is -2.09. The maximum Gasteiger partial charge on any atom is 0.355 e. The molecule has 2 aromatic heterocycles. The van der Waals surface area contributed by atoms with E-state index in [1.54, 1.807) is 19.1 Å². The van der Waals surface area contributed by atoms with Crippen molar-refractivity contribution in [1.29, 1.82) is 5.41 Å². The summed E-state index contributed by atoms with van der Waals surface area (Å²) in [6.45, 7) is 5.80. The Morgan fingerprint density at radius 2 is 2.17 bits per heavy atom. The number of nitrogens with two attached hydrogens (primary N) is 1. The standard InChI is InChI=1S/C19H21BrN6O3/c1-4-28-19(27)16-15(20)14-17(23-8-24-18(14)26-16)25-12-5-10(7-21)11(22)6-13(12)29-9(2)3/h5-9,21H,4,22H2,1-3H3,(H2,23,24,25,26). The Morgan fingerprint density at radius 1 is 1.41 bits per heavy atom. The van der Waals surface area contributed by atoms with E-state index in [-0.39, 0.29) is 18.4 Å². The monoisotopic (exact) mass is 460 g/mol. The van der Waals surface area contributed by atoms with E-state index >= 15 is 0 Å². The van der Waals surface area contributed by atoms with E-state index in [0.717, 1.165) is 0 Å². The Labute approximate surface area is 175 Å². The number of hydrogen-bond acceptors (Lipinski definition) is 8. The number of H-pyrrole nitrogens is 1. The third-order valence-electron chi connectivity index (χ3n) is 3.97. The number of halogens is 1. The summed E-state index contributed by atoms with van der Waals surface area (Å²) >= 11 is 3.45. The second-order valence-corrected chi connectivity index (χ2v) is 7.19. The van der Waals surface area contributed by atoms with Crippen molar-refractivity contribution >= 4 is 56.3 Å². The summed E-state index contributed by atoms with van der Waals surface area (Å²) in [5, 5.41) is 11.4. The van der Waals surface area contributed by atoms with Crippen LogP contribution >= 0.6 is 15.9 Å². The van der Waals surface area contributed by atoms with Crippen LogP contribution in [0, 0.1) is 5.41 Å². The Bertz CT molecular complexity index is 1080. The van der Waals surface area contributed by atoms with E-state index in [1.807, 2.05) is 13.8 Å². The molecule has 0 bridgehead atoms. The van der Waals surface area contributed by atoms with Crippen LogP contribution in [-0.4, -0.2) is 39.8 Å². The highest BCUT2D eigenvalue weighted by molar-refractivity contribution is 9.10. The van der Waals surface area contributed by atoms with Gasteiger partial charge in [-0.05, 0) is 42.8 Å². The van der Waals surface area contributed by atoms with Crippen molar-refractivity contribution in [2.45, 2.75) is 26.9 Å². The third-order valence-corrected chi connectivity index (χ3v) is 4.76. The molecule has 0 atom stereocenters. The number of rotatable bonds is 7. The predicted octanol–water partition coefficient (Wildman–Crippen LogP) is 4.01. The molecule has 0 radical (unpaired) electrons. The zero-order chi connectivity index (χ0) is 21.1. The molecular formula is C19H21BrN6O3. The molecule has 0 saturated carbocycles. The number of carbonyl (C=O) groups is 1. The number of aromatic amines is 1. The number of ether oxygens (including phenoxy) is 2. The third kappa shape index (κ3) is 4.16. The number of esters is 1. The number of nitrogens with one attached hydrogen (secondary N) is 3. The van der Waals surface area contributed by atoms with Crippen LogP contribution in [0.2, 0.25) is 0 Å². The summed E-state index contributed by atoms with van der Waals surface area (Å²) in [7, 11) is 0. The first-order chi connectivity index (χ1) is 13.8. The fraction of sp³-hybridized carbons (Fsp3) is 0.263. The van der Waals surface area contributed by atoms with Crippen LogP contribution in [0.15, 0.2) is 22.9 Å². The van der Waals surface area contributed by atoms with Crippen LogP contribution in [0.3, 0.4) is 0 Å². The fourth-order valence-corrected chi connectivity index (χ4v) is 3.38. The minimum absolute atomic E-state index is 0.0828. The van der Waals surface area contributed by atoms with Gasteiger partial charge in [-0.1, -0.05) is 0 Å². The zero-order valence-electron chi connectivity index (χ0n) is 16.2. The van der Waals surface area contributed by atoms with Gasteiger partial charge in [0.05, 0.1) is 28.3 Å². The molecule has 9 nitrogen and oxygen atoms in total. The van der Waals surface area contributed by atoms with Crippen LogP contribution in [0.1, 0.15) is 36.8 Å². The van der Waals surface area contributed by atoms with Crippen molar-refractivity contribution in [2.24, 2.45) is 0 Å². The smallest absolute Gasteiger partial charge is 0.355 e. The van der Waals surface area contributed by atoms with Gasteiger partial charge in [0.1, 0.15) is 29.2 Å². The average Bonchev–Trinajstić information content (AvgIpc) is 3.01. The molecule has 0 aliphatic heterocycles. The molecule has 1 aromatic carbocycles. The molecule has 5 N–H and O–H groups in total. The van der Waals surface area contributed by atoms with E-state index in [2.05, 4.69) is 36.2 Å². The quantitative estimate of drug-likeness (QED) is 0.237. The number of anilines is 3. The highest BCUT2D eigenvalue weighted by Crippen LogP contribution is 2.37. The molecule has 10 heteroatoms. The lowest BCUT2D eigenvalue weighted by atomic mass is 10.1. The first-order valence-corrected chi connectivity index (χ1v) is 9.71. The van der Waals surface area contributed by atoms with Gasteiger partial charge in [-0.25, -0.2) is 14.8 Å². The van der Waals surface area contributed by atoms with Crippen LogP contribution in [-0.2, 0) is 4.74 Å². The Kier molecular flexibility index (Phi) is 6.02. The van der Waals surface area contributed by atoms with Crippen molar-refractivity contribution in [2.75, 3.05) is 17.7 Å². The molecule has 152 valence electrons. The largest absolute Gasteiger partial charge is 0.489 e. The van der Waals surface area contributed by atoms with Crippen LogP contribution in [0.4, 0.5) is 17.2 Å². The summed E-state index contributed by atoms with van der Waals surface area (Å²) in [5.41, 5.74) is 8.27. The second-order valence-electron chi connectivity index (χ2n) is 6.39. The average molecular weight is 461 g/mol. The number of hydrogen-bond donors (Lipinski definition) is 4. The summed E-state index contributed by atoms with van der Waals surface area (Å²) in [6.07, 6.45) is 2.46. The minimum Gasteiger partial charge on any atom is -0.489 e. The van der Waals surface area contributed by atoms with Crippen molar-refractivity contribution < 1.29 is 14.3 Å². The van der Waals surface area contributed by atoms with E-state index in [9.17, 15) is 4.79 Å². The first-order valence-electron chi connectivity index (χ1n) is 8.92. The number of aromatic nitrogens is 3. The molecule has 3 aromatic rings. The molecule has 3 rings (SSSR count). The number of carbonyl (C=O) groups excluding carboxylic acids is 1. The molecule has 0 aliphatic carbocycles. The van der Waals surface area contributed by atoms with Crippen LogP contribution in [0.25, 0.3) is 11.0 Å². The zero-order valence-corrected chi connectivity index (χ0v) is 17.8. The Hall–Kier alpha value is -3.14. The van der Waals surface area contributed by atoms with Crippen LogP contribution < -0.4 is 15.8 Å². The van der Waals surface area contributed by atoms with Gasteiger partial charge in [0.25, 0.3) is 0 Å². The van der Waals surface area contributed by atoms with Gasteiger partial charge in [-0.15, -0.1) is 0 Å². The number of benzene rings is 1. The molecule has 0 spiro atoms. The molecular weight excluding hydrogens is 440 g/mol. The lowest BCUT2D eigenvalue weighted by Gasteiger charge is -2.17. The van der Waals surface area contributed by atoms with E-state index in [4.69, 9.17) is 20.6 Å². The predicted molar refractivity (Wildman–Crippen MR) is 115 cm³/mol. The summed E-state index contributed by atoms with van der Waals surface area (Å²) < 4.78 is 11.4. The fourth-order valence-electron chi connectivity index (χ4n) is 2.74. The molecule has 29 heavy (non-hydrogen) atoms. The molecule has 0 unspecified atom stereocenters. The second kappa shape index (κ2) is 8.48. The SMILES string of the molecule is CCOC(=O)c1[nH]c2ncnc(Nc3cc(C=N)c(N)cc3OC(C)C)c2c1Br. The molecule has 2 heterocycles. The van der Waals surface area contributed by atoms with Gasteiger partial charge < -0.3 is 30.9 Å². The molecule has 0 fully saturated rings. The maximum absolute atomic E-state index is 12.2. The van der Waals surface area contributed by atoms with Gasteiger partial charge in [-0.2, -0.15) is 0 Å². The van der Waals surface area contributed by atoms with Gasteiger partial charge in [0, 0.05) is 23.5 Å². The summed E-state index contributed by atoms with van der Waals surface area (Å²) in [6, 6.07) is 3.37. The summed E-state index contributed by atoms with van der Waals surface area (Å²) in [4.78, 5) is 23.6. The minimum atomic E-state index is -0.495. The van der Waals surface area contributed by atoms with E-state index in [0.29, 0.717) is 44.0 Å². The van der Waals surface area contributed by atoms with Gasteiger partial charge in [0.2, 0.25) is 0 Å². The first kappa shape index (κ1) is 20.6. The van der Waals surface area contributed by atoms with E-state index in [1.165, 1.54) is 12.5 Å². The molecule has 0 amide bonds. The Morgan fingerprint density at radius 3 is 2.83 bits per heavy atom. The molecule has 0 saturated heterocycles. The van der Waals surface area contributed by atoms with Crippen molar-refractivity contribution in [3.63, 3.8) is 0 Å². The van der Waals surface area contributed by atoms with Crippen molar-refractivity contribution in [1.82, 2.24) is 15.0 Å². The number of fused-ring (bicyclic) bond motifs is 1. The number of nitrogens with zero attached hydrogens (tertiary/aromatic N) is 2. The normalized spacial score (nSPS) is 10.9. The van der Waals surface area contributed by atoms with Gasteiger partial charge in [0.15, 0.2) is 0 Å². The molecule has 0 aliphatic rings. The Balaban J connectivity index is 2.11. The van der Waals surface area contributed by atoms with Crippen molar-refractivity contribution in [3.8, 4) is 5.75 Å². The van der Waals surface area contributed by atoms with Gasteiger partial charge in [-0.3, -0.25) is 0 Å². The highest BCUT2D eigenvalue weighted by Gasteiger charge is 2.21. The van der Waals surface area contributed by atoms with E-state index < -0.39 is 5.97 Å². The van der Waals surface area contributed by atoms with Crippen molar-refractivity contribution in [3.05, 3.63) is 34.2 Å². The topological polar surface area (TPSA) is 139 Å². The van der Waals surface area contributed by atoms with Gasteiger partial charge >= 0.3 is 5.97 Å².